The summed E-state index contributed by atoms with van der Waals surface area (Å²) in [6.07, 6.45) is 2.28. The van der Waals surface area contributed by atoms with Crippen molar-refractivity contribution in [2.24, 2.45) is 0 Å². The van der Waals surface area contributed by atoms with Gasteiger partial charge in [0, 0.05) is 23.2 Å². The number of fused-ring (bicyclic) bond motifs is 1. The van der Waals surface area contributed by atoms with Gasteiger partial charge in [0.05, 0.1) is 11.6 Å². The zero-order valence-corrected chi connectivity index (χ0v) is 16.1. The molecule has 1 heterocycles. The van der Waals surface area contributed by atoms with Gasteiger partial charge in [0.15, 0.2) is 0 Å². The molecule has 7 heteroatoms. The third kappa shape index (κ3) is 4.26. The third-order valence-electron chi connectivity index (χ3n) is 4.17. The van der Waals surface area contributed by atoms with E-state index in [1.165, 1.54) is 18.2 Å². The van der Waals surface area contributed by atoms with Gasteiger partial charge in [0.2, 0.25) is 0 Å². The van der Waals surface area contributed by atoms with Crippen molar-refractivity contribution in [2.45, 2.75) is 26.4 Å². The molecule has 0 bridgehead atoms. The monoisotopic (exact) mass is 400 g/mol. The number of hydrogen-bond donors (Lipinski definition) is 1. The fraction of sp³-hybridized carbons (Fsp3) is 0.238. The van der Waals surface area contributed by atoms with Gasteiger partial charge in [-0.25, -0.2) is 4.39 Å². The second-order valence-corrected chi connectivity index (χ2v) is 6.72. The van der Waals surface area contributed by atoms with Gasteiger partial charge in [-0.1, -0.05) is 11.6 Å². The minimum absolute atomic E-state index is 0.0608. The Kier molecular flexibility index (Phi) is 5.86. The number of nitriles is 1. The van der Waals surface area contributed by atoms with Crippen LogP contribution in [0.1, 0.15) is 25.0 Å². The Hall–Kier alpha value is -3.04. The van der Waals surface area contributed by atoms with Crippen LogP contribution < -0.4 is 14.8 Å². The van der Waals surface area contributed by atoms with E-state index in [9.17, 15) is 14.4 Å². The van der Waals surface area contributed by atoms with Gasteiger partial charge in [0.1, 0.15) is 35.1 Å². The smallest absolute Gasteiger partial charge is 0.266 e. The van der Waals surface area contributed by atoms with E-state index in [0.29, 0.717) is 23.7 Å². The lowest BCUT2D eigenvalue weighted by Gasteiger charge is -2.11. The number of benzene rings is 2. The Bertz CT molecular complexity index is 998. The number of carbonyl (C=O) groups is 1. The highest BCUT2D eigenvalue weighted by atomic mass is 35.5. The molecule has 144 valence electrons. The minimum Gasteiger partial charge on any atom is -0.493 e. The van der Waals surface area contributed by atoms with E-state index in [1.54, 1.807) is 6.07 Å². The van der Waals surface area contributed by atoms with Crippen molar-refractivity contribution in [3.05, 3.63) is 57.9 Å². The van der Waals surface area contributed by atoms with E-state index >= 15 is 0 Å². The molecule has 2 aromatic rings. The fourth-order valence-corrected chi connectivity index (χ4v) is 3.11. The Morgan fingerprint density at radius 3 is 2.93 bits per heavy atom. The number of halogens is 2. The van der Waals surface area contributed by atoms with Crippen molar-refractivity contribution < 1.29 is 18.7 Å². The molecule has 28 heavy (non-hydrogen) atoms. The first-order valence-electron chi connectivity index (χ1n) is 8.75. The lowest BCUT2D eigenvalue weighted by atomic mass is 10.0. The number of nitrogens with one attached hydrogen (secondary N) is 1. The van der Waals surface area contributed by atoms with E-state index in [0.717, 1.165) is 18.1 Å². The maximum atomic E-state index is 13.3. The molecule has 0 aliphatic carbocycles. The SMILES string of the molecule is CCOc1cc2c(cc1/C=C(\C#N)C(=O)Nc1ccc(F)c(Cl)c1)O[C@@H](C)C2. The second-order valence-electron chi connectivity index (χ2n) is 6.32. The van der Waals surface area contributed by atoms with Crippen molar-refractivity contribution >= 4 is 29.3 Å². The summed E-state index contributed by atoms with van der Waals surface area (Å²) in [5, 5.41) is 11.9. The Morgan fingerprint density at radius 1 is 1.46 bits per heavy atom. The summed E-state index contributed by atoms with van der Waals surface area (Å²) in [6, 6.07) is 9.31. The Labute approximate surface area is 167 Å². The van der Waals surface area contributed by atoms with Crippen molar-refractivity contribution in [3.63, 3.8) is 0 Å². The number of hydrogen-bond acceptors (Lipinski definition) is 4. The van der Waals surface area contributed by atoms with Crippen LogP contribution in [0.2, 0.25) is 5.02 Å². The molecule has 0 fully saturated rings. The molecule has 1 atom stereocenters. The van der Waals surface area contributed by atoms with Crippen molar-refractivity contribution in [2.75, 3.05) is 11.9 Å². The molecule has 1 aliphatic heterocycles. The predicted molar refractivity (Wildman–Crippen MR) is 105 cm³/mol. The van der Waals surface area contributed by atoms with E-state index in [-0.39, 0.29) is 22.4 Å². The van der Waals surface area contributed by atoms with Gasteiger partial charge in [-0.2, -0.15) is 5.26 Å². The van der Waals surface area contributed by atoms with Crippen molar-refractivity contribution in [1.82, 2.24) is 0 Å². The molecule has 1 aliphatic rings. The molecule has 1 N–H and O–H groups in total. The molecule has 0 saturated heterocycles. The highest BCUT2D eigenvalue weighted by molar-refractivity contribution is 6.31. The zero-order chi connectivity index (χ0) is 20.3. The Morgan fingerprint density at radius 2 is 2.25 bits per heavy atom. The maximum absolute atomic E-state index is 13.3. The number of amides is 1. The first-order valence-corrected chi connectivity index (χ1v) is 9.13. The number of ether oxygens (including phenoxy) is 2. The molecule has 5 nitrogen and oxygen atoms in total. The van der Waals surface area contributed by atoms with Crippen LogP contribution in [-0.4, -0.2) is 18.6 Å². The van der Waals surface area contributed by atoms with Gasteiger partial charge in [0.25, 0.3) is 5.91 Å². The largest absolute Gasteiger partial charge is 0.493 e. The zero-order valence-electron chi connectivity index (χ0n) is 15.4. The quantitative estimate of drug-likeness (QED) is 0.581. The molecule has 2 aromatic carbocycles. The highest BCUT2D eigenvalue weighted by Crippen LogP contribution is 2.36. The third-order valence-corrected chi connectivity index (χ3v) is 4.46. The van der Waals surface area contributed by atoms with E-state index in [2.05, 4.69) is 5.32 Å². The maximum Gasteiger partial charge on any atom is 0.266 e. The average molecular weight is 401 g/mol. The number of carbonyl (C=O) groups excluding carboxylic acids is 1. The van der Waals surface area contributed by atoms with Gasteiger partial charge in [-0.05, 0) is 50.3 Å². The van der Waals surface area contributed by atoms with Crippen LogP contribution in [-0.2, 0) is 11.2 Å². The van der Waals surface area contributed by atoms with Crippen LogP contribution in [0, 0.1) is 17.1 Å². The molecule has 0 aromatic heterocycles. The molecule has 1 amide bonds. The molecule has 3 rings (SSSR count). The fourth-order valence-electron chi connectivity index (χ4n) is 2.92. The summed E-state index contributed by atoms with van der Waals surface area (Å²) in [4.78, 5) is 12.5. The standard InChI is InChI=1S/C21H18ClFN2O3/c1-3-27-19-8-13-6-12(2)28-20(13)9-14(19)7-15(11-24)21(26)25-16-4-5-18(23)17(22)10-16/h4-5,7-10,12H,3,6H2,1-2H3,(H,25,26)/b15-7+/t12-/m0/s1. The van der Waals surface area contributed by atoms with E-state index < -0.39 is 11.7 Å². The molecule has 0 saturated carbocycles. The number of anilines is 1. The van der Waals surface area contributed by atoms with Gasteiger partial charge < -0.3 is 14.8 Å². The second kappa shape index (κ2) is 8.32. The van der Waals surface area contributed by atoms with E-state index in [4.69, 9.17) is 21.1 Å². The van der Waals surface area contributed by atoms with Crippen LogP contribution >= 0.6 is 11.6 Å². The van der Waals surface area contributed by atoms with Gasteiger partial charge >= 0.3 is 0 Å². The molecular formula is C21H18ClFN2O3. The minimum atomic E-state index is -0.637. The van der Waals surface area contributed by atoms with E-state index in [1.807, 2.05) is 26.0 Å². The van der Waals surface area contributed by atoms with Crippen LogP contribution in [0.3, 0.4) is 0 Å². The van der Waals surface area contributed by atoms with Crippen LogP contribution in [0.25, 0.3) is 6.08 Å². The predicted octanol–water partition coefficient (Wildman–Crippen LogP) is 4.75. The number of rotatable bonds is 5. The Balaban J connectivity index is 1.91. The molecule has 0 spiro atoms. The van der Waals surface area contributed by atoms with Crippen molar-refractivity contribution in [3.8, 4) is 17.6 Å². The van der Waals surface area contributed by atoms with Crippen LogP contribution in [0.15, 0.2) is 35.9 Å². The number of nitrogens with zero attached hydrogens (tertiary/aromatic N) is 1. The van der Waals surface area contributed by atoms with Crippen LogP contribution in [0.5, 0.6) is 11.5 Å². The van der Waals surface area contributed by atoms with Crippen molar-refractivity contribution in [1.29, 1.82) is 5.26 Å². The van der Waals surface area contributed by atoms with Crippen LogP contribution in [0.4, 0.5) is 10.1 Å². The first-order chi connectivity index (χ1) is 13.4. The summed E-state index contributed by atoms with van der Waals surface area (Å²) in [5.41, 5.74) is 1.75. The summed E-state index contributed by atoms with van der Waals surface area (Å²) < 4.78 is 24.7. The first kappa shape index (κ1) is 19.7. The summed E-state index contributed by atoms with van der Waals surface area (Å²) in [7, 11) is 0. The summed E-state index contributed by atoms with van der Waals surface area (Å²) in [6.45, 7) is 4.27. The highest BCUT2D eigenvalue weighted by Gasteiger charge is 2.22. The van der Waals surface area contributed by atoms with Gasteiger partial charge in [-0.15, -0.1) is 0 Å². The lowest BCUT2D eigenvalue weighted by molar-refractivity contribution is -0.112. The average Bonchev–Trinajstić information content (AvgIpc) is 3.01. The molecular weight excluding hydrogens is 383 g/mol. The summed E-state index contributed by atoms with van der Waals surface area (Å²) >= 11 is 5.73. The normalized spacial score (nSPS) is 15.4. The summed E-state index contributed by atoms with van der Waals surface area (Å²) in [5.74, 6) is 0.0568. The lowest BCUT2D eigenvalue weighted by Crippen LogP contribution is -2.13. The molecule has 0 radical (unpaired) electrons. The molecule has 0 unspecified atom stereocenters. The topological polar surface area (TPSA) is 71.3 Å². The van der Waals surface area contributed by atoms with Gasteiger partial charge in [-0.3, -0.25) is 4.79 Å².